The summed E-state index contributed by atoms with van der Waals surface area (Å²) in [7, 11) is 1.94. The van der Waals surface area contributed by atoms with Crippen LogP contribution in [0.4, 0.5) is 0 Å². The number of benzene rings is 1. The van der Waals surface area contributed by atoms with Crippen LogP contribution in [0.5, 0.6) is 0 Å². The van der Waals surface area contributed by atoms with E-state index in [-0.39, 0.29) is 36.5 Å². The number of ketones is 1. The number of hydrogen-bond acceptors (Lipinski definition) is 16. The van der Waals surface area contributed by atoms with Crippen LogP contribution >= 0.6 is 0 Å². The molecule has 0 radical (unpaired) electrons. The fraction of sp³-hybridized carbons (Fsp3) is 0.750. The highest BCUT2D eigenvalue weighted by atomic mass is 16.8. The minimum atomic E-state index is -1.47. The summed E-state index contributed by atoms with van der Waals surface area (Å²) in [5, 5.41) is 79.5. The number of aryl methyl sites for hydroxylation is 1. The van der Waals surface area contributed by atoms with E-state index in [1.807, 2.05) is 69.8 Å². The van der Waals surface area contributed by atoms with E-state index in [2.05, 4.69) is 15.6 Å². The molecule has 0 spiro atoms. The van der Waals surface area contributed by atoms with Crippen LogP contribution in [-0.2, 0) is 64.4 Å². The zero-order valence-corrected chi connectivity index (χ0v) is 40.1. The van der Waals surface area contributed by atoms with Crippen LogP contribution in [0.1, 0.15) is 85.9 Å². The lowest BCUT2D eigenvalue weighted by Gasteiger charge is -2.47. The van der Waals surface area contributed by atoms with Crippen molar-refractivity contribution >= 4 is 22.6 Å². The summed E-state index contributed by atoms with van der Waals surface area (Å²) in [5.74, 6) is -2.78. The molecule has 4 fully saturated rings. The third-order valence-electron chi connectivity index (χ3n) is 14.7. The first-order valence-electron chi connectivity index (χ1n) is 24.0. The molecular formula is C48H73N5O14. The summed E-state index contributed by atoms with van der Waals surface area (Å²) in [6.45, 7) is 14.1. The molecule has 19 nitrogen and oxygen atoms in total. The molecule has 374 valence electrons. The molecule has 1 aromatic carbocycles. The lowest BCUT2D eigenvalue weighted by atomic mass is 9.77. The number of rotatable bonds is 17. The highest BCUT2D eigenvalue weighted by molar-refractivity contribution is 5.90. The molecule has 2 aromatic heterocycles. The number of carbonyl (C=O) groups is 2. The van der Waals surface area contributed by atoms with E-state index in [1.165, 1.54) is 11.6 Å². The molecule has 9 unspecified atom stereocenters. The molecule has 1 saturated carbocycles. The van der Waals surface area contributed by atoms with Crippen molar-refractivity contribution in [1.29, 1.82) is 0 Å². The number of hydrogen-bond donors (Lipinski definition) is 7. The summed E-state index contributed by atoms with van der Waals surface area (Å²) in [6, 6.07) is 7.17. The molecule has 7 rings (SSSR count). The molecule has 7 N–H and O–H groups in total. The van der Waals surface area contributed by atoms with Gasteiger partial charge in [0.25, 0.3) is 0 Å². The van der Waals surface area contributed by atoms with Gasteiger partial charge >= 0.3 is 0 Å². The molecule has 4 aliphatic rings. The fourth-order valence-corrected chi connectivity index (χ4v) is 10.3. The Balaban J connectivity index is 1.07. The lowest BCUT2D eigenvalue weighted by Crippen LogP contribution is -2.59. The van der Waals surface area contributed by atoms with Crippen molar-refractivity contribution in [3.63, 3.8) is 0 Å². The maximum absolute atomic E-state index is 13.6. The molecule has 1 amide bonds. The minimum Gasteiger partial charge on any atom is -0.390 e. The van der Waals surface area contributed by atoms with E-state index in [0.717, 1.165) is 16.5 Å². The molecule has 21 atom stereocenters. The number of carbonyl (C=O) groups excluding carboxylic acids is 2. The minimum absolute atomic E-state index is 0.0118. The quantitative estimate of drug-likeness (QED) is 0.101. The summed E-state index contributed by atoms with van der Waals surface area (Å²) >= 11 is 0. The van der Waals surface area contributed by atoms with Crippen molar-refractivity contribution in [3.8, 4) is 0 Å². The Morgan fingerprint density at radius 2 is 1.33 bits per heavy atom. The van der Waals surface area contributed by atoms with E-state index in [9.17, 15) is 40.2 Å². The van der Waals surface area contributed by atoms with E-state index in [4.69, 9.17) is 28.4 Å². The van der Waals surface area contributed by atoms with Crippen LogP contribution in [0.25, 0.3) is 10.9 Å². The number of aliphatic hydroxyl groups excluding tert-OH is 6. The Labute approximate surface area is 392 Å². The van der Waals surface area contributed by atoms with Crippen molar-refractivity contribution in [2.24, 2.45) is 36.6 Å². The Morgan fingerprint density at radius 3 is 1.94 bits per heavy atom. The normalized spacial score (nSPS) is 39.1. The Hall–Kier alpha value is -3.44. The van der Waals surface area contributed by atoms with Gasteiger partial charge in [-0.1, -0.05) is 71.9 Å². The SMILES string of the molecule is CCC1O[C@H](O[C@@H]2C(C)C[C@@H](C)C(O)[C@H]2O[C@@H]2O[C@H](Cn3cc(CC(C)C(=O)NC(Cc4cn(C)c5ccccc45)C(C)=O)nn3)[C@H](O[C@H]3O[C@@H](CC)[C@@H](O)C(O)C3C)C2O)C(C)[C@@H](O)[C@@H]1O. The molecule has 67 heavy (non-hydrogen) atoms. The van der Waals surface area contributed by atoms with Crippen LogP contribution in [0.3, 0.4) is 0 Å². The summed E-state index contributed by atoms with van der Waals surface area (Å²) < 4.78 is 41.8. The number of ether oxygens (including phenoxy) is 6. The molecule has 19 heteroatoms. The number of aromatic nitrogens is 4. The predicted molar refractivity (Wildman–Crippen MR) is 241 cm³/mol. The van der Waals surface area contributed by atoms with Crippen molar-refractivity contribution in [2.75, 3.05) is 0 Å². The van der Waals surface area contributed by atoms with E-state index < -0.39 is 116 Å². The number of aliphatic hydroxyl groups is 6. The second kappa shape index (κ2) is 21.7. The maximum Gasteiger partial charge on any atom is 0.223 e. The third-order valence-corrected chi connectivity index (χ3v) is 14.7. The van der Waals surface area contributed by atoms with Crippen LogP contribution in [0.2, 0.25) is 0 Å². The Morgan fingerprint density at radius 1 is 0.746 bits per heavy atom. The van der Waals surface area contributed by atoms with Gasteiger partial charge in [0.2, 0.25) is 5.91 Å². The highest BCUT2D eigenvalue weighted by Crippen LogP contribution is 2.40. The monoisotopic (exact) mass is 944 g/mol. The summed E-state index contributed by atoms with van der Waals surface area (Å²) in [6.07, 6.45) is -10.2. The zero-order valence-electron chi connectivity index (χ0n) is 40.1. The first kappa shape index (κ1) is 51.4. The average molecular weight is 944 g/mol. The number of fused-ring (bicyclic) bond motifs is 1. The average Bonchev–Trinajstić information content (AvgIpc) is 3.97. The van der Waals surface area contributed by atoms with Gasteiger partial charge in [0.05, 0.1) is 54.9 Å². The van der Waals surface area contributed by atoms with Crippen molar-refractivity contribution < 1.29 is 68.6 Å². The van der Waals surface area contributed by atoms with Gasteiger partial charge in [0.1, 0.15) is 36.6 Å². The Bertz CT molecular complexity index is 2120. The van der Waals surface area contributed by atoms with Crippen LogP contribution < -0.4 is 5.32 Å². The Kier molecular flexibility index (Phi) is 16.6. The van der Waals surface area contributed by atoms with Crippen molar-refractivity contribution in [2.45, 2.75) is 192 Å². The molecule has 3 aromatic rings. The third kappa shape index (κ3) is 11.0. The second-order valence-corrected chi connectivity index (χ2v) is 19.8. The number of nitrogens with one attached hydrogen (secondary N) is 1. The van der Waals surface area contributed by atoms with Gasteiger partial charge in [-0.3, -0.25) is 9.59 Å². The predicted octanol–water partition coefficient (Wildman–Crippen LogP) is 1.53. The number of para-hydroxylation sites is 1. The summed E-state index contributed by atoms with van der Waals surface area (Å²) in [5.41, 5.74) is 2.47. The van der Waals surface area contributed by atoms with Gasteiger partial charge in [-0.2, -0.15) is 0 Å². The molecule has 3 aliphatic heterocycles. The second-order valence-electron chi connectivity index (χ2n) is 19.8. The standard InChI is InChI=1S/C48H73N5O14/c1-10-33-39(58)37(56)25(6)46(62-33)65-42-23(4)16-22(3)36(55)44(42)67-48-41(60)43(66-47-26(7)38(57)40(59)34(11-2)63-47)35(64-48)21-53-20-29(50-51-53)17-24(5)45(61)49-31(27(8)54)18-28-19-52(9)32-15-13-12-14-30(28)32/h12-15,19-20,22-26,31,33-44,46-48,55-60H,10-11,16-18,21H2,1-9H3,(H,49,61)/t22-,23?,24?,25?,26?,31?,33?,34+,35-,36?,37-,38?,39-,40-,41?,42-,43+,44-,46-,47-,48+/m1/s1. The van der Waals surface area contributed by atoms with Crippen LogP contribution in [0, 0.1) is 29.6 Å². The highest BCUT2D eigenvalue weighted by Gasteiger charge is 2.54. The first-order chi connectivity index (χ1) is 31.8. The molecule has 3 saturated heterocycles. The number of Topliss-reactive ketones (excluding diaryl/α,β-unsaturated/α-hetero) is 1. The van der Waals surface area contributed by atoms with Crippen molar-refractivity contribution in [1.82, 2.24) is 24.9 Å². The van der Waals surface area contributed by atoms with Gasteiger partial charge in [0, 0.05) is 60.9 Å². The number of amides is 1. The molecular weight excluding hydrogens is 871 g/mol. The van der Waals surface area contributed by atoms with Gasteiger partial charge in [0.15, 0.2) is 24.7 Å². The molecule has 0 bridgehead atoms. The van der Waals surface area contributed by atoms with Gasteiger partial charge in [-0.05, 0) is 49.7 Å². The fourth-order valence-electron chi connectivity index (χ4n) is 10.3. The van der Waals surface area contributed by atoms with Gasteiger partial charge in [-0.15, -0.1) is 5.10 Å². The van der Waals surface area contributed by atoms with E-state index in [1.54, 1.807) is 27.0 Å². The zero-order chi connectivity index (χ0) is 48.6. The van der Waals surface area contributed by atoms with Gasteiger partial charge in [-0.25, -0.2) is 4.68 Å². The largest absolute Gasteiger partial charge is 0.390 e. The van der Waals surface area contributed by atoms with E-state index >= 15 is 0 Å². The van der Waals surface area contributed by atoms with Crippen LogP contribution in [-0.4, -0.2) is 160 Å². The topological polar surface area (TPSA) is 259 Å². The van der Waals surface area contributed by atoms with Crippen LogP contribution in [0.15, 0.2) is 36.7 Å². The smallest absolute Gasteiger partial charge is 0.223 e. The van der Waals surface area contributed by atoms with Gasteiger partial charge < -0.3 is 68.9 Å². The van der Waals surface area contributed by atoms with Crippen molar-refractivity contribution in [3.05, 3.63) is 47.9 Å². The number of nitrogens with zero attached hydrogens (tertiary/aromatic N) is 4. The lowest BCUT2D eigenvalue weighted by molar-refractivity contribution is -0.325. The first-order valence-corrected chi connectivity index (χ1v) is 24.0. The molecule has 5 heterocycles. The summed E-state index contributed by atoms with van der Waals surface area (Å²) in [4.78, 5) is 26.4. The maximum atomic E-state index is 13.6. The molecule has 1 aliphatic carbocycles. The van der Waals surface area contributed by atoms with E-state index in [0.29, 0.717) is 31.4 Å².